The topological polar surface area (TPSA) is 153 Å². The molecule has 0 saturated carbocycles. The maximum absolute atomic E-state index is 11.5. The molecule has 0 aliphatic carbocycles. The average Bonchev–Trinajstić information content (AvgIpc) is 2.93. The van der Waals surface area contributed by atoms with Crippen molar-refractivity contribution in [1.29, 1.82) is 0 Å². The molecule has 51 heavy (non-hydrogen) atoms. The second-order valence-corrected chi connectivity index (χ2v) is 17.0. The van der Waals surface area contributed by atoms with Crippen LogP contribution >= 0.6 is 0 Å². The number of nitrogens with one attached hydrogen (secondary N) is 4. The molecule has 0 saturated heterocycles. The molecule has 302 valence electrons. The predicted octanol–water partition coefficient (Wildman–Crippen LogP) is 9.92. The van der Waals surface area contributed by atoms with E-state index in [9.17, 15) is 19.2 Å². The van der Waals surface area contributed by atoms with Crippen LogP contribution in [0.2, 0.25) is 0 Å². The molecule has 0 fully saturated rings. The van der Waals surface area contributed by atoms with E-state index in [4.69, 9.17) is 18.9 Å². The van der Waals surface area contributed by atoms with Crippen LogP contribution in [0.3, 0.4) is 0 Å². The molecule has 0 rings (SSSR count). The van der Waals surface area contributed by atoms with Crippen LogP contribution in [-0.2, 0) is 18.9 Å². The highest BCUT2D eigenvalue weighted by Crippen LogP contribution is 2.11. The van der Waals surface area contributed by atoms with Gasteiger partial charge >= 0.3 is 24.4 Å². The zero-order chi connectivity index (χ0) is 39.4. The van der Waals surface area contributed by atoms with Crippen molar-refractivity contribution in [2.75, 3.05) is 26.2 Å². The lowest BCUT2D eigenvalue weighted by Gasteiger charge is -2.19. The molecule has 0 aromatic rings. The van der Waals surface area contributed by atoms with E-state index in [1.807, 2.05) is 83.1 Å². The predicted molar refractivity (Wildman–Crippen MR) is 206 cm³/mol. The molecule has 0 aromatic heterocycles. The molecule has 0 aromatic carbocycles. The summed E-state index contributed by atoms with van der Waals surface area (Å²) >= 11 is 0. The van der Waals surface area contributed by atoms with Crippen LogP contribution in [0, 0.1) is 0 Å². The molecule has 4 N–H and O–H groups in total. The van der Waals surface area contributed by atoms with E-state index in [-0.39, 0.29) is 24.4 Å². The van der Waals surface area contributed by atoms with Crippen LogP contribution < -0.4 is 21.3 Å². The van der Waals surface area contributed by atoms with Gasteiger partial charge in [-0.05, 0) is 109 Å². The Labute approximate surface area is 311 Å². The molecule has 0 atom stereocenters. The second-order valence-electron chi connectivity index (χ2n) is 17.0. The third-order valence-corrected chi connectivity index (χ3v) is 6.63. The zero-order valence-electron chi connectivity index (χ0n) is 34.7. The smallest absolute Gasteiger partial charge is 0.407 e. The van der Waals surface area contributed by atoms with Crippen LogP contribution in [0.15, 0.2) is 0 Å². The van der Waals surface area contributed by atoms with Crippen molar-refractivity contribution >= 4 is 24.4 Å². The Hall–Kier alpha value is -2.92. The van der Waals surface area contributed by atoms with E-state index < -0.39 is 22.4 Å². The Kier molecular flexibility index (Phi) is 27.3. The lowest BCUT2D eigenvalue weighted by atomic mass is 10.1. The van der Waals surface area contributed by atoms with Gasteiger partial charge in [0.1, 0.15) is 22.4 Å². The van der Waals surface area contributed by atoms with Crippen molar-refractivity contribution < 1.29 is 38.1 Å². The number of carbonyl (C=O) groups is 4. The van der Waals surface area contributed by atoms with Gasteiger partial charge in [-0.2, -0.15) is 0 Å². The molecule has 0 radical (unpaired) electrons. The second kappa shape index (κ2) is 27.7. The average molecular weight is 731 g/mol. The number of unbranched alkanes of at least 4 members (excludes halogenated alkanes) is 13. The van der Waals surface area contributed by atoms with Crippen molar-refractivity contribution in [3.05, 3.63) is 0 Å². The molecule has 0 spiro atoms. The first kappa shape index (κ1) is 50.2. The van der Waals surface area contributed by atoms with E-state index in [1.165, 1.54) is 32.1 Å². The van der Waals surface area contributed by atoms with Gasteiger partial charge in [0.2, 0.25) is 0 Å². The van der Waals surface area contributed by atoms with Gasteiger partial charge in [0.05, 0.1) is 0 Å². The lowest BCUT2D eigenvalue weighted by Crippen LogP contribution is -2.33. The summed E-state index contributed by atoms with van der Waals surface area (Å²) in [6.07, 6.45) is 15.3. The first-order chi connectivity index (χ1) is 23.5. The Morgan fingerprint density at radius 3 is 0.569 bits per heavy atom. The fraction of sp³-hybridized carbons (Fsp3) is 0.897. The zero-order valence-corrected chi connectivity index (χ0v) is 34.7. The van der Waals surface area contributed by atoms with Crippen LogP contribution in [-0.4, -0.2) is 73.0 Å². The standard InChI is InChI=1S/C20H40N2O4.C19H38N2O4/c1-19(2,3)25-17(23)21-15-13-11-9-7-8-10-12-14-16-22-18(24)26-20(4,5)6;1-18(2,3)24-16(22)20-14-12-10-8-7-9-11-13-15-21-17(23)25-19(4,5)6/h7-16H2,1-6H3,(H,21,23)(H,22,24);7-15H2,1-6H3,(H,20,22)(H,21,23). The summed E-state index contributed by atoms with van der Waals surface area (Å²) in [7, 11) is 0. The van der Waals surface area contributed by atoms with E-state index >= 15 is 0 Å². The fourth-order valence-corrected chi connectivity index (χ4v) is 4.46. The Morgan fingerprint density at radius 2 is 0.431 bits per heavy atom. The lowest BCUT2D eigenvalue weighted by molar-refractivity contribution is 0.0515. The minimum atomic E-state index is -0.442. The summed E-state index contributed by atoms with van der Waals surface area (Å²) < 4.78 is 20.7. The van der Waals surface area contributed by atoms with Crippen LogP contribution in [0.5, 0.6) is 0 Å². The fourth-order valence-electron chi connectivity index (χ4n) is 4.46. The minimum Gasteiger partial charge on any atom is -0.444 e. The van der Waals surface area contributed by atoms with Gasteiger partial charge in [0.15, 0.2) is 0 Å². The van der Waals surface area contributed by atoms with Gasteiger partial charge in [-0.25, -0.2) is 19.2 Å². The summed E-state index contributed by atoms with van der Waals surface area (Å²) in [5.41, 5.74) is -1.76. The molecule has 0 bridgehead atoms. The van der Waals surface area contributed by atoms with Gasteiger partial charge in [0, 0.05) is 26.2 Å². The van der Waals surface area contributed by atoms with E-state index in [1.54, 1.807) is 0 Å². The SMILES string of the molecule is CC(C)(C)OC(=O)NCCCCCCCCCCNC(=O)OC(C)(C)C.CC(C)(C)OC(=O)NCCCCCCCCCNC(=O)OC(C)(C)C. The van der Waals surface area contributed by atoms with Gasteiger partial charge in [-0.3, -0.25) is 0 Å². The van der Waals surface area contributed by atoms with E-state index in [2.05, 4.69) is 21.3 Å². The largest absolute Gasteiger partial charge is 0.444 e. The maximum atomic E-state index is 11.5. The number of amides is 4. The molecule has 4 amide bonds. The van der Waals surface area contributed by atoms with Crippen molar-refractivity contribution in [3.8, 4) is 0 Å². The van der Waals surface area contributed by atoms with Gasteiger partial charge < -0.3 is 40.2 Å². The number of alkyl carbamates (subject to hydrolysis) is 4. The molecule has 12 heteroatoms. The van der Waals surface area contributed by atoms with Crippen LogP contribution in [0.4, 0.5) is 19.2 Å². The highest BCUT2D eigenvalue weighted by atomic mass is 16.6. The third kappa shape index (κ3) is 45.1. The Morgan fingerprint density at radius 1 is 0.294 bits per heavy atom. The quantitative estimate of drug-likeness (QED) is 0.0672. The highest BCUT2D eigenvalue weighted by Gasteiger charge is 2.17. The molecular formula is C39H78N4O8. The van der Waals surface area contributed by atoms with Gasteiger partial charge in [0.25, 0.3) is 0 Å². The van der Waals surface area contributed by atoms with E-state index in [0.717, 1.165) is 64.2 Å². The number of rotatable bonds is 21. The first-order valence-electron chi connectivity index (χ1n) is 19.4. The minimum absolute atomic E-state index is 0.336. The monoisotopic (exact) mass is 731 g/mol. The van der Waals surface area contributed by atoms with Gasteiger partial charge in [-0.15, -0.1) is 0 Å². The van der Waals surface area contributed by atoms with Crippen molar-refractivity contribution in [2.24, 2.45) is 0 Å². The number of carbonyl (C=O) groups excluding carboxylic acids is 4. The molecular weight excluding hydrogens is 652 g/mol. The van der Waals surface area contributed by atoms with Gasteiger partial charge in [-0.1, -0.05) is 70.6 Å². The van der Waals surface area contributed by atoms with Crippen LogP contribution in [0.1, 0.15) is 179 Å². The maximum Gasteiger partial charge on any atom is 0.407 e. The van der Waals surface area contributed by atoms with Crippen molar-refractivity contribution in [1.82, 2.24) is 21.3 Å². The Bertz CT molecular complexity index is 857. The molecule has 0 aliphatic heterocycles. The summed E-state index contributed by atoms with van der Waals surface area (Å²) in [4.78, 5) is 45.8. The summed E-state index contributed by atoms with van der Waals surface area (Å²) in [6, 6.07) is 0. The molecule has 0 aliphatic rings. The summed E-state index contributed by atoms with van der Waals surface area (Å²) in [5.74, 6) is 0. The third-order valence-electron chi connectivity index (χ3n) is 6.63. The Balaban J connectivity index is 0. The number of hydrogen-bond donors (Lipinski definition) is 4. The molecule has 0 heterocycles. The molecule has 12 nitrogen and oxygen atoms in total. The molecule has 0 unspecified atom stereocenters. The first-order valence-corrected chi connectivity index (χ1v) is 19.4. The van der Waals surface area contributed by atoms with Crippen LogP contribution in [0.25, 0.3) is 0 Å². The number of ether oxygens (including phenoxy) is 4. The highest BCUT2D eigenvalue weighted by molar-refractivity contribution is 5.68. The number of hydrogen-bond acceptors (Lipinski definition) is 8. The van der Waals surface area contributed by atoms with E-state index in [0.29, 0.717) is 26.2 Å². The summed E-state index contributed by atoms with van der Waals surface area (Å²) in [6.45, 7) is 25.0. The van der Waals surface area contributed by atoms with Crippen molar-refractivity contribution in [3.63, 3.8) is 0 Å². The summed E-state index contributed by atoms with van der Waals surface area (Å²) in [5, 5.41) is 11.1. The van der Waals surface area contributed by atoms with Crippen molar-refractivity contribution in [2.45, 2.75) is 202 Å². The normalized spacial score (nSPS) is 11.8.